The SMILES string of the molecule is O=C(Nc1ccccc1Cl)NC1CC2CCCC(C1)N2Cc1ccco1. The van der Waals surface area contributed by atoms with E-state index in [-0.39, 0.29) is 12.1 Å². The molecule has 138 valence electrons. The molecule has 2 aliphatic heterocycles. The van der Waals surface area contributed by atoms with E-state index in [9.17, 15) is 4.79 Å². The molecule has 2 atom stereocenters. The summed E-state index contributed by atoms with van der Waals surface area (Å²) in [6.45, 7) is 0.862. The van der Waals surface area contributed by atoms with Gasteiger partial charge in [0.15, 0.2) is 0 Å². The normalized spacial score (nSPS) is 25.7. The third-order valence-electron chi connectivity index (χ3n) is 5.50. The van der Waals surface area contributed by atoms with Gasteiger partial charge in [-0.2, -0.15) is 0 Å². The van der Waals surface area contributed by atoms with Gasteiger partial charge >= 0.3 is 6.03 Å². The standard InChI is InChI=1S/C20H24ClN3O2/c21-18-8-1-2-9-19(18)23-20(25)22-14-11-15-5-3-6-16(12-14)24(15)13-17-7-4-10-26-17/h1-2,4,7-10,14-16H,3,5-6,11-13H2,(H2,22,23,25). The Morgan fingerprint density at radius 2 is 1.92 bits per heavy atom. The van der Waals surface area contributed by atoms with Crippen molar-refractivity contribution < 1.29 is 9.21 Å². The molecule has 2 fully saturated rings. The number of benzene rings is 1. The molecule has 3 heterocycles. The van der Waals surface area contributed by atoms with Crippen LogP contribution in [0.3, 0.4) is 0 Å². The van der Waals surface area contributed by atoms with Crippen LogP contribution in [0.4, 0.5) is 10.5 Å². The van der Waals surface area contributed by atoms with Crippen LogP contribution in [0, 0.1) is 0 Å². The highest BCUT2D eigenvalue weighted by atomic mass is 35.5. The molecule has 0 aliphatic carbocycles. The average molecular weight is 374 g/mol. The summed E-state index contributed by atoms with van der Waals surface area (Å²) in [5.41, 5.74) is 0.641. The van der Waals surface area contributed by atoms with Gasteiger partial charge < -0.3 is 15.1 Å². The average Bonchev–Trinajstić information content (AvgIpc) is 3.11. The molecule has 2 N–H and O–H groups in total. The number of carbonyl (C=O) groups is 1. The Balaban J connectivity index is 1.36. The zero-order valence-electron chi connectivity index (χ0n) is 14.7. The first-order chi connectivity index (χ1) is 12.7. The van der Waals surface area contributed by atoms with Gasteiger partial charge in [-0.25, -0.2) is 4.79 Å². The topological polar surface area (TPSA) is 57.5 Å². The van der Waals surface area contributed by atoms with Crippen molar-refractivity contribution in [2.75, 3.05) is 5.32 Å². The molecule has 2 unspecified atom stereocenters. The fraction of sp³-hybridized carbons (Fsp3) is 0.450. The summed E-state index contributed by atoms with van der Waals surface area (Å²) in [5, 5.41) is 6.55. The number of urea groups is 1. The molecule has 0 radical (unpaired) electrons. The van der Waals surface area contributed by atoms with Crippen LogP contribution in [0.15, 0.2) is 47.1 Å². The van der Waals surface area contributed by atoms with Gasteiger partial charge in [0, 0.05) is 18.1 Å². The predicted molar refractivity (Wildman–Crippen MR) is 102 cm³/mol. The van der Waals surface area contributed by atoms with Gasteiger partial charge in [-0.3, -0.25) is 4.90 Å². The first-order valence-corrected chi connectivity index (χ1v) is 9.67. The summed E-state index contributed by atoms with van der Waals surface area (Å²) >= 11 is 6.12. The molecule has 2 bridgehead atoms. The number of hydrogen-bond acceptors (Lipinski definition) is 3. The third kappa shape index (κ3) is 3.89. The Hall–Kier alpha value is -1.98. The summed E-state index contributed by atoms with van der Waals surface area (Å²) < 4.78 is 5.54. The minimum atomic E-state index is -0.180. The number of nitrogens with one attached hydrogen (secondary N) is 2. The summed E-state index contributed by atoms with van der Waals surface area (Å²) in [7, 11) is 0. The Kier molecular flexibility index (Phi) is 5.18. The van der Waals surface area contributed by atoms with Gasteiger partial charge in [-0.15, -0.1) is 0 Å². The zero-order chi connectivity index (χ0) is 17.9. The van der Waals surface area contributed by atoms with Crippen molar-refractivity contribution in [3.8, 4) is 0 Å². The molecule has 26 heavy (non-hydrogen) atoms. The van der Waals surface area contributed by atoms with E-state index in [1.165, 1.54) is 19.3 Å². The van der Waals surface area contributed by atoms with Crippen molar-refractivity contribution in [2.45, 2.75) is 56.8 Å². The molecule has 2 saturated heterocycles. The molecule has 2 amide bonds. The monoisotopic (exact) mass is 373 g/mol. The van der Waals surface area contributed by atoms with E-state index in [1.54, 1.807) is 12.3 Å². The molecular weight excluding hydrogens is 350 g/mol. The smallest absolute Gasteiger partial charge is 0.319 e. The van der Waals surface area contributed by atoms with Crippen LogP contribution >= 0.6 is 11.6 Å². The van der Waals surface area contributed by atoms with Crippen molar-refractivity contribution in [1.29, 1.82) is 0 Å². The van der Waals surface area contributed by atoms with Crippen LogP contribution < -0.4 is 10.6 Å². The van der Waals surface area contributed by atoms with Gasteiger partial charge in [-0.05, 0) is 49.9 Å². The Labute approximate surface area is 158 Å². The van der Waals surface area contributed by atoms with E-state index in [1.807, 2.05) is 30.3 Å². The number of fused-ring (bicyclic) bond motifs is 2. The maximum absolute atomic E-state index is 12.4. The number of amides is 2. The number of rotatable bonds is 4. The number of halogens is 1. The lowest BCUT2D eigenvalue weighted by atomic mass is 9.81. The van der Waals surface area contributed by atoms with Gasteiger partial charge in [-0.1, -0.05) is 30.2 Å². The van der Waals surface area contributed by atoms with Crippen LogP contribution in [0.1, 0.15) is 37.9 Å². The summed E-state index contributed by atoms with van der Waals surface area (Å²) in [6.07, 6.45) is 7.32. The van der Waals surface area contributed by atoms with E-state index >= 15 is 0 Å². The Bertz CT molecular complexity index is 735. The zero-order valence-corrected chi connectivity index (χ0v) is 15.4. The van der Waals surface area contributed by atoms with Crippen molar-refractivity contribution in [3.05, 3.63) is 53.4 Å². The van der Waals surface area contributed by atoms with E-state index in [2.05, 4.69) is 15.5 Å². The van der Waals surface area contributed by atoms with E-state index < -0.39 is 0 Å². The molecule has 6 heteroatoms. The molecule has 1 aromatic heterocycles. The Morgan fingerprint density at radius 1 is 1.15 bits per heavy atom. The van der Waals surface area contributed by atoms with Gasteiger partial charge in [0.05, 0.1) is 23.5 Å². The molecule has 1 aromatic carbocycles. The molecular formula is C20H24ClN3O2. The maximum atomic E-state index is 12.4. The Morgan fingerprint density at radius 3 is 2.62 bits per heavy atom. The molecule has 2 aliphatic rings. The lowest BCUT2D eigenvalue weighted by molar-refractivity contribution is 0.0150. The lowest BCUT2D eigenvalue weighted by Crippen LogP contribution is -2.56. The molecule has 2 aromatic rings. The molecule has 0 spiro atoms. The second-order valence-corrected chi connectivity index (χ2v) is 7.64. The highest BCUT2D eigenvalue weighted by molar-refractivity contribution is 6.33. The van der Waals surface area contributed by atoms with E-state index in [0.717, 1.165) is 25.1 Å². The summed E-state index contributed by atoms with van der Waals surface area (Å²) in [5.74, 6) is 1.02. The van der Waals surface area contributed by atoms with Crippen molar-refractivity contribution in [2.24, 2.45) is 0 Å². The largest absolute Gasteiger partial charge is 0.468 e. The number of furan rings is 1. The molecule has 4 rings (SSSR count). The number of piperidine rings is 2. The maximum Gasteiger partial charge on any atom is 0.319 e. The van der Waals surface area contributed by atoms with Gasteiger partial charge in [0.25, 0.3) is 0 Å². The second-order valence-electron chi connectivity index (χ2n) is 7.24. The first-order valence-electron chi connectivity index (χ1n) is 9.29. The number of para-hydroxylation sites is 1. The lowest BCUT2D eigenvalue weighted by Gasteiger charge is -2.48. The van der Waals surface area contributed by atoms with Crippen LogP contribution in [0.25, 0.3) is 0 Å². The van der Waals surface area contributed by atoms with Crippen LogP contribution in [0.2, 0.25) is 5.02 Å². The van der Waals surface area contributed by atoms with Crippen molar-refractivity contribution in [1.82, 2.24) is 10.2 Å². The first kappa shape index (κ1) is 17.4. The summed E-state index contributed by atoms with van der Waals surface area (Å²) in [4.78, 5) is 14.9. The van der Waals surface area contributed by atoms with Crippen molar-refractivity contribution in [3.63, 3.8) is 0 Å². The minimum Gasteiger partial charge on any atom is -0.468 e. The number of carbonyl (C=O) groups excluding carboxylic acids is 1. The number of anilines is 1. The second kappa shape index (κ2) is 7.72. The predicted octanol–water partition coefficient (Wildman–Crippen LogP) is 4.64. The van der Waals surface area contributed by atoms with Crippen LogP contribution in [0.5, 0.6) is 0 Å². The fourth-order valence-electron chi connectivity index (χ4n) is 4.34. The minimum absolute atomic E-state index is 0.180. The third-order valence-corrected chi connectivity index (χ3v) is 5.83. The highest BCUT2D eigenvalue weighted by Crippen LogP contribution is 2.35. The van der Waals surface area contributed by atoms with Crippen molar-refractivity contribution >= 4 is 23.3 Å². The fourth-order valence-corrected chi connectivity index (χ4v) is 4.53. The quantitative estimate of drug-likeness (QED) is 0.820. The van der Waals surface area contributed by atoms with E-state index in [0.29, 0.717) is 22.8 Å². The van der Waals surface area contributed by atoms with E-state index in [4.69, 9.17) is 16.0 Å². The number of nitrogens with zero attached hydrogens (tertiary/aromatic N) is 1. The van der Waals surface area contributed by atoms with Gasteiger partial charge in [0.2, 0.25) is 0 Å². The number of hydrogen-bond donors (Lipinski definition) is 2. The van der Waals surface area contributed by atoms with Crippen LogP contribution in [-0.4, -0.2) is 29.1 Å². The van der Waals surface area contributed by atoms with Crippen LogP contribution in [-0.2, 0) is 6.54 Å². The van der Waals surface area contributed by atoms with Gasteiger partial charge in [0.1, 0.15) is 5.76 Å². The summed E-state index contributed by atoms with van der Waals surface area (Å²) in [6, 6.07) is 12.3. The molecule has 0 saturated carbocycles. The molecule has 5 nitrogen and oxygen atoms in total. The highest BCUT2D eigenvalue weighted by Gasteiger charge is 2.38.